The third-order valence-electron chi connectivity index (χ3n) is 3.72. The molecule has 0 unspecified atom stereocenters. The summed E-state index contributed by atoms with van der Waals surface area (Å²) in [6, 6.07) is 9.87. The number of para-hydroxylation sites is 1. The van der Waals surface area contributed by atoms with Gasteiger partial charge in [0.2, 0.25) is 10.0 Å². The van der Waals surface area contributed by atoms with Gasteiger partial charge in [-0.1, -0.05) is 24.3 Å². The maximum Gasteiger partial charge on any atom is 0.416 e. The van der Waals surface area contributed by atoms with E-state index >= 15 is 0 Å². The number of hydrogen-bond acceptors (Lipinski definition) is 3. The van der Waals surface area contributed by atoms with Crippen molar-refractivity contribution in [3.05, 3.63) is 71.7 Å². The lowest BCUT2D eigenvalue weighted by atomic mass is 10.1. The summed E-state index contributed by atoms with van der Waals surface area (Å²) in [5.74, 6) is -1.14. The van der Waals surface area contributed by atoms with Crippen molar-refractivity contribution < 1.29 is 26.0 Å². The molecule has 26 heavy (non-hydrogen) atoms. The molecule has 0 aliphatic rings. The van der Waals surface area contributed by atoms with Crippen LogP contribution in [0.15, 0.2) is 59.6 Å². The molecule has 9 heteroatoms. The summed E-state index contributed by atoms with van der Waals surface area (Å²) in [4.78, 5) is 3.95. The van der Waals surface area contributed by atoms with E-state index in [4.69, 9.17) is 0 Å². The minimum Gasteiger partial charge on any atom is -0.255 e. The first-order valence-electron chi connectivity index (χ1n) is 7.37. The normalized spacial score (nSPS) is 12.5. The Hall–Kier alpha value is -2.52. The Morgan fingerprint density at radius 2 is 1.77 bits per heavy atom. The van der Waals surface area contributed by atoms with E-state index < -0.39 is 34.1 Å². The van der Waals surface area contributed by atoms with Crippen molar-refractivity contribution in [1.82, 2.24) is 9.71 Å². The first-order chi connectivity index (χ1) is 12.2. The van der Waals surface area contributed by atoms with Gasteiger partial charge in [-0.2, -0.15) is 13.2 Å². The number of benzene rings is 2. The highest BCUT2D eigenvalue weighted by molar-refractivity contribution is 7.89. The maximum atomic E-state index is 13.9. The van der Waals surface area contributed by atoms with Gasteiger partial charge in [0.15, 0.2) is 0 Å². The summed E-state index contributed by atoms with van der Waals surface area (Å²) >= 11 is 0. The van der Waals surface area contributed by atoms with Crippen LogP contribution in [-0.2, 0) is 22.7 Å². The first-order valence-corrected chi connectivity index (χ1v) is 8.86. The summed E-state index contributed by atoms with van der Waals surface area (Å²) in [6.07, 6.45) is -3.23. The van der Waals surface area contributed by atoms with Crippen molar-refractivity contribution in [1.29, 1.82) is 0 Å². The minimum atomic E-state index is -4.67. The predicted octanol–water partition coefficient (Wildman–Crippen LogP) is 3.87. The molecule has 0 amide bonds. The SMILES string of the molecule is O=S(=O)(NCc1ccc(C(F)(F)F)cc1F)c1cccc2cccnc12. The number of nitrogens with one attached hydrogen (secondary N) is 1. The highest BCUT2D eigenvalue weighted by Gasteiger charge is 2.31. The lowest BCUT2D eigenvalue weighted by molar-refractivity contribution is -0.137. The van der Waals surface area contributed by atoms with Crippen molar-refractivity contribution in [2.45, 2.75) is 17.6 Å². The zero-order chi connectivity index (χ0) is 18.9. The first kappa shape index (κ1) is 18.3. The van der Waals surface area contributed by atoms with E-state index in [1.165, 1.54) is 18.3 Å². The molecule has 0 saturated carbocycles. The third-order valence-corrected chi connectivity index (χ3v) is 5.15. The number of alkyl halides is 3. The van der Waals surface area contributed by atoms with Crippen molar-refractivity contribution in [2.75, 3.05) is 0 Å². The van der Waals surface area contributed by atoms with Crippen molar-refractivity contribution in [2.24, 2.45) is 0 Å². The smallest absolute Gasteiger partial charge is 0.255 e. The van der Waals surface area contributed by atoms with Gasteiger partial charge in [-0.05, 0) is 24.3 Å². The number of rotatable bonds is 4. The predicted molar refractivity (Wildman–Crippen MR) is 87.2 cm³/mol. The van der Waals surface area contributed by atoms with Crippen LogP contribution in [0.5, 0.6) is 0 Å². The van der Waals surface area contributed by atoms with Gasteiger partial charge in [0.1, 0.15) is 10.7 Å². The Morgan fingerprint density at radius 1 is 1.04 bits per heavy atom. The second-order valence-corrected chi connectivity index (χ2v) is 7.20. The molecule has 0 aliphatic heterocycles. The fourth-order valence-corrected chi connectivity index (χ4v) is 3.59. The fourth-order valence-electron chi connectivity index (χ4n) is 2.41. The van der Waals surface area contributed by atoms with E-state index in [0.717, 1.165) is 6.07 Å². The summed E-state index contributed by atoms with van der Waals surface area (Å²) in [5.41, 5.74) is -1.09. The largest absolute Gasteiger partial charge is 0.416 e. The Kier molecular flexibility index (Phi) is 4.68. The van der Waals surface area contributed by atoms with Gasteiger partial charge in [-0.3, -0.25) is 4.98 Å². The van der Waals surface area contributed by atoms with Gasteiger partial charge in [-0.25, -0.2) is 17.5 Å². The standard InChI is InChI=1S/C17H12F4N2O2S/c18-14-9-13(17(19,20)21)7-6-12(14)10-23-26(24,25)15-5-1-3-11-4-2-8-22-16(11)15/h1-9,23H,10H2. The van der Waals surface area contributed by atoms with Gasteiger partial charge in [0, 0.05) is 23.7 Å². The molecule has 136 valence electrons. The molecule has 0 aliphatic carbocycles. The number of pyridine rings is 1. The van der Waals surface area contributed by atoms with Crippen molar-refractivity contribution in [3.8, 4) is 0 Å². The van der Waals surface area contributed by atoms with Crippen molar-refractivity contribution in [3.63, 3.8) is 0 Å². The molecule has 0 fully saturated rings. The second kappa shape index (κ2) is 6.65. The molecule has 4 nitrogen and oxygen atoms in total. The Labute approximate surface area is 146 Å². The number of fused-ring (bicyclic) bond motifs is 1. The number of sulfonamides is 1. The number of hydrogen-bond donors (Lipinski definition) is 1. The molecule has 1 aromatic heterocycles. The molecule has 0 bridgehead atoms. The molecule has 0 saturated heterocycles. The molecule has 3 aromatic rings. The van der Waals surface area contributed by atoms with Crippen LogP contribution in [-0.4, -0.2) is 13.4 Å². The average molecular weight is 384 g/mol. The lowest BCUT2D eigenvalue weighted by Gasteiger charge is -2.11. The number of nitrogens with zero attached hydrogens (tertiary/aromatic N) is 1. The molecule has 0 atom stereocenters. The summed E-state index contributed by atoms with van der Waals surface area (Å²) < 4.78 is 78.7. The van der Waals surface area contributed by atoms with E-state index in [9.17, 15) is 26.0 Å². The van der Waals surface area contributed by atoms with Crippen molar-refractivity contribution >= 4 is 20.9 Å². The Morgan fingerprint density at radius 3 is 2.46 bits per heavy atom. The number of halogens is 4. The fraction of sp³-hybridized carbons (Fsp3) is 0.118. The van der Waals surface area contributed by atoms with Gasteiger partial charge < -0.3 is 0 Å². The van der Waals surface area contributed by atoms with E-state index in [1.54, 1.807) is 18.2 Å². The highest BCUT2D eigenvalue weighted by atomic mass is 32.2. The minimum absolute atomic E-state index is 0.0945. The maximum absolute atomic E-state index is 13.9. The van der Waals surface area contributed by atoms with Crippen LogP contribution in [0.2, 0.25) is 0 Å². The van der Waals surface area contributed by atoms with Gasteiger partial charge in [-0.15, -0.1) is 0 Å². The lowest BCUT2D eigenvalue weighted by Crippen LogP contribution is -2.24. The van der Waals surface area contributed by atoms with Crippen LogP contribution < -0.4 is 4.72 Å². The Bertz CT molecular complexity index is 1060. The highest BCUT2D eigenvalue weighted by Crippen LogP contribution is 2.30. The van der Waals surface area contributed by atoms with Crippen LogP contribution in [0, 0.1) is 5.82 Å². The molecular formula is C17H12F4N2O2S. The van der Waals surface area contributed by atoms with Crippen LogP contribution >= 0.6 is 0 Å². The second-order valence-electron chi connectivity index (χ2n) is 5.46. The summed E-state index contributed by atoms with van der Waals surface area (Å²) in [5, 5.41) is 0.607. The zero-order valence-electron chi connectivity index (χ0n) is 13.1. The monoisotopic (exact) mass is 384 g/mol. The molecule has 1 heterocycles. The van der Waals surface area contributed by atoms with E-state index in [0.29, 0.717) is 17.5 Å². The van der Waals surface area contributed by atoms with Crippen LogP contribution in [0.4, 0.5) is 17.6 Å². The Balaban J connectivity index is 1.87. The molecule has 1 N–H and O–H groups in total. The average Bonchev–Trinajstić information content (AvgIpc) is 2.59. The summed E-state index contributed by atoms with van der Waals surface area (Å²) in [6.45, 7) is -0.491. The van der Waals surface area contributed by atoms with Gasteiger partial charge in [0.25, 0.3) is 0 Å². The van der Waals surface area contributed by atoms with Gasteiger partial charge >= 0.3 is 6.18 Å². The van der Waals surface area contributed by atoms with E-state index in [-0.39, 0.29) is 16.0 Å². The van der Waals surface area contributed by atoms with Gasteiger partial charge in [0.05, 0.1) is 11.1 Å². The number of aromatic nitrogens is 1. The quantitative estimate of drug-likeness (QED) is 0.695. The van der Waals surface area contributed by atoms with Crippen LogP contribution in [0.25, 0.3) is 10.9 Å². The van der Waals surface area contributed by atoms with Crippen LogP contribution in [0.1, 0.15) is 11.1 Å². The molecule has 3 rings (SSSR count). The topological polar surface area (TPSA) is 59.1 Å². The zero-order valence-corrected chi connectivity index (χ0v) is 13.9. The summed E-state index contributed by atoms with van der Waals surface area (Å²) in [7, 11) is -4.04. The van der Waals surface area contributed by atoms with Crippen LogP contribution in [0.3, 0.4) is 0 Å². The molecule has 0 spiro atoms. The van der Waals surface area contributed by atoms with E-state index in [1.807, 2.05) is 0 Å². The third kappa shape index (κ3) is 3.68. The molecule has 2 aromatic carbocycles. The van der Waals surface area contributed by atoms with E-state index in [2.05, 4.69) is 9.71 Å². The molecule has 0 radical (unpaired) electrons. The molecular weight excluding hydrogens is 372 g/mol.